The van der Waals surface area contributed by atoms with E-state index in [4.69, 9.17) is 4.99 Å². The maximum Gasteiger partial charge on any atom is 0.269 e. The summed E-state index contributed by atoms with van der Waals surface area (Å²) in [5.74, 6) is 0. The Morgan fingerprint density at radius 1 is 0.636 bits per heavy atom. The molecule has 1 fully saturated rings. The van der Waals surface area contributed by atoms with Gasteiger partial charge in [-0.25, -0.2) is 0 Å². The molecule has 0 radical (unpaired) electrons. The lowest BCUT2D eigenvalue weighted by atomic mass is 10.0. The first kappa shape index (κ1) is 19.6. The van der Waals surface area contributed by atoms with Gasteiger partial charge in [-0.1, -0.05) is 97.1 Å². The minimum absolute atomic E-state index is 0.0739. The molecular formula is C28H21N3O2. The molecule has 2 aliphatic rings. The van der Waals surface area contributed by atoms with Crippen molar-refractivity contribution in [2.45, 2.75) is 18.2 Å². The molecule has 5 heteroatoms. The van der Waals surface area contributed by atoms with Gasteiger partial charge in [0.25, 0.3) is 5.69 Å². The summed E-state index contributed by atoms with van der Waals surface area (Å²) < 4.78 is 0. The lowest BCUT2D eigenvalue weighted by molar-refractivity contribution is -0.384. The zero-order valence-corrected chi connectivity index (χ0v) is 17.8. The number of nitrogens with zero attached hydrogens (tertiary/aromatic N) is 3. The Balaban J connectivity index is 1.35. The third-order valence-electron chi connectivity index (χ3n) is 6.51. The SMILES string of the molecule is O=[N+]([O-])c1ccc([C@@H]2[C@H]3C(c4ccccc4)=N[C@@H](c4ccc(-c5ccccc5)cc4)N32)cc1. The van der Waals surface area contributed by atoms with Gasteiger partial charge in [-0.3, -0.25) is 20.0 Å². The lowest BCUT2D eigenvalue weighted by Gasteiger charge is -2.15. The fraction of sp³-hybridized carbons (Fsp3) is 0.107. The van der Waals surface area contributed by atoms with E-state index in [1.165, 1.54) is 11.1 Å². The first-order valence-electron chi connectivity index (χ1n) is 11.0. The monoisotopic (exact) mass is 431 g/mol. The van der Waals surface area contributed by atoms with Crippen LogP contribution in [0.2, 0.25) is 0 Å². The Labute approximate surface area is 191 Å². The average molecular weight is 431 g/mol. The van der Waals surface area contributed by atoms with Gasteiger partial charge in [0.05, 0.1) is 22.7 Å². The number of hydrogen-bond acceptors (Lipinski definition) is 4. The summed E-state index contributed by atoms with van der Waals surface area (Å²) >= 11 is 0. The molecule has 0 N–H and O–H groups in total. The smallest absolute Gasteiger partial charge is 0.263 e. The summed E-state index contributed by atoms with van der Waals surface area (Å²) in [5, 5.41) is 11.1. The number of rotatable bonds is 5. The molecule has 2 heterocycles. The number of nitro benzene ring substituents is 1. The quantitative estimate of drug-likeness (QED) is 0.215. The second-order valence-electron chi connectivity index (χ2n) is 8.43. The summed E-state index contributed by atoms with van der Waals surface area (Å²) in [6.45, 7) is 0. The first-order chi connectivity index (χ1) is 16.2. The summed E-state index contributed by atoms with van der Waals surface area (Å²) in [5.41, 5.74) is 6.92. The van der Waals surface area contributed by atoms with Crippen LogP contribution in [0.4, 0.5) is 5.69 Å². The standard InChI is InChI=1S/C28H21N3O2/c32-31(33)24-17-15-22(16-18-24)26-27-25(21-9-5-2-6-10-21)29-28(30(26)27)23-13-11-20(12-14-23)19-7-3-1-4-8-19/h1-18,26-28H/t26-,27-,28-,30?/m1/s1. The van der Waals surface area contributed by atoms with Crippen LogP contribution < -0.4 is 0 Å². The fourth-order valence-electron chi connectivity index (χ4n) is 4.84. The van der Waals surface area contributed by atoms with Gasteiger partial charge in [-0.15, -0.1) is 0 Å². The highest BCUT2D eigenvalue weighted by Crippen LogP contribution is 2.55. The van der Waals surface area contributed by atoms with E-state index in [-0.39, 0.29) is 28.9 Å². The van der Waals surface area contributed by atoms with Crippen molar-refractivity contribution in [1.82, 2.24) is 4.90 Å². The van der Waals surface area contributed by atoms with Crippen LogP contribution in [-0.4, -0.2) is 21.6 Å². The second kappa shape index (κ2) is 7.80. The number of fused-ring (bicyclic) bond motifs is 1. The minimum atomic E-state index is -0.355. The normalized spacial score (nSPS) is 23.0. The second-order valence-corrected chi connectivity index (χ2v) is 8.43. The molecule has 4 aromatic carbocycles. The van der Waals surface area contributed by atoms with E-state index in [0.717, 1.165) is 22.4 Å². The highest BCUT2D eigenvalue weighted by atomic mass is 16.6. The minimum Gasteiger partial charge on any atom is -0.263 e. The Kier molecular flexibility index (Phi) is 4.63. The topological polar surface area (TPSA) is 58.5 Å². The van der Waals surface area contributed by atoms with E-state index < -0.39 is 0 Å². The maximum absolute atomic E-state index is 11.1. The van der Waals surface area contributed by atoms with Crippen LogP contribution in [0.1, 0.15) is 28.9 Å². The average Bonchev–Trinajstić information content (AvgIpc) is 3.48. The zero-order chi connectivity index (χ0) is 22.4. The number of aliphatic imine (C=N–C) groups is 1. The molecule has 33 heavy (non-hydrogen) atoms. The molecule has 0 aliphatic carbocycles. The van der Waals surface area contributed by atoms with E-state index in [0.29, 0.717) is 0 Å². The third-order valence-corrected chi connectivity index (χ3v) is 6.51. The first-order valence-corrected chi connectivity index (χ1v) is 11.0. The van der Waals surface area contributed by atoms with Crippen LogP contribution in [0, 0.1) is 10.1 Å². The summed E-state index contributed by atoms with van der Waals surface area (Å²) in [4.78, 5) is 18.2. The highest BCUT2D eigenvalue weighted by Gasteiger charge is 2.59. The molecule has 2 aliphatic heterocycles. The molecule has 5 nitrogen and oxygen atoms in total. The van der Waals surface area contributed by atoms with Crippen molar-refractivity contribution >= 4 is 11.4 Å². The molecule has 0 bridgehead atoms. The van der Waals surface area contributed by atoms with Gasteiger partial charge < -0.3 is 0 Å². The van der Waals surface area contributed by atoms with Gasteiger partial charge >= 0.3 is 0 Å². The Hall–Kier alpha value is -4.09. The van der Waals surface area contributed by atoms with Crippen molar-refractivity contribution in [2.24, 2.45) is 4.99 Å². The molecular weight excluding hydrogens is 410 g/mol. The van der Waals surface area contributed by atoms with Gasteiger partial charge in [-0.2, -0.15) is 0 Å². The van der Waals surface area contributed by atoms with E-state index in [2.05, 4.69) is 53.4 Å². The molecule has 0 amide bonds. The molecule has 0 spiro atoms. The predicted molar refractivity (Wildman–Crippen MR) is 129 cm³/mol. The van der Waals surface area contributed by atoms with Gasteiger partial charge in [0.2, 0.25) is 0 Å². The number of non-ortho nitro benzene ring substituents is 1. The van der Waals surface area contributed by atoms with Crippen molar-refractivity contribution in [2.75, 3.05) is 0 Å². The molecule has 1 saturated heterocycles. The molecule has 4 atom stereocenters. The molecule has 160 valence electrons. The summed E-state index contributed by atoms with van der Waals surface area (Å²) in [7, 11) is 0. The van der Waals surface area contributed by atoms with Crippen LogP contribution in [0.3, 0.4) is 0 Å². The van der Waals surface area contributed by atoms with Gasteiger partial charge in [0.15, 0.2) is 0 Å². The van der Waals surface area contributed by atoms with Crippen LogP contribution in [-0.2, 0) is 0 Å². The predicted octanol–water partition coefficient (Wildman–Crippen LogP) is 6.19. The molecule has 1 unspecified atom stereocenters. The van der Waals surface area contributed by atoms with Gasteiger partial charge in [-0.05, 0) is 27.8 Å². The molecule has 0 aromatic heterocycles. The highest BCUT2D eigenvalue weighted by molar-refractivity contribution is 6.08. The fourth-order valence-corrected chi connectivity index (χ4v) is 4.84. The molecule has 0 saturated carbocycles. The summed E-state index contributed by atoms with van der Waals surface area (Å²) in [6, 6.07) is 36.5. The Morgan fingerprint density at radius 3 is 1.79 bits per heavy atom. The van der Waals surface area contributed by atoms with Crippen molar-refractivity contribution < 1.29 is 4.92 Å². The maximum atomic E-state index is 11.1. The van der Waals surface area contributed by atoms with Crippen molar-refractivity contribution in [3.63, 3.8) is 0 Å². The van der Waals surface area contributed by atoms with Crippen LogP contribution >= 0.6 is 0 Å². The van der Waals surface area contributed by atoms with Gasteiger partial charge in [0.1, 0.15) is 6.17 Å². The largest absolute Gasteiger partial charge is 0.269 e. The van der Waals surface area contributed by atoms with Gasteiger partial charge in [0, 0.05) is 12.1 Å². The van der Waals surface area contributed by atoms with Crippen LogP contribution in [0.25, 0.3) is 11.1 Å². The van der Waals surface area contributed by atoms with Crippen molar-refractivity contribution in [3.8, 4) is 11.1 Å². The lowest BCUT2D eigenvalue weighted by Crippen LogP contribution is -2.08. The Bertz CT molecular complexity index is 1330. The van der Waals surface area contributed by atoms with E-state index in [1.807, 2.05) is 48.5 Å². The van der Waals surface area contributed by atoms with Crippen molar-refractivity contribution in [3.05, 3.63) is 136 Å². The number of nitro groups is 1. The number of benzene rings is 4. The third kappa shape index (κ3) is 3.43. The molecule has 6 rings (SSSR count). The molecule has 4 aromatic rings. The summed E-state index contributed by atoms with van der Waals surface area (Å²) in [6.07, 6.45) is -0.0739. The van der Waals surface area contributed by atoms with E-state index in [1.54, 1.807) is 12.1 Å². The van der Waals surface area contributed by atoms with Crippen LogP contribution in [0.15, 0.2) is 114 Å². The zero-order valence-electron chi connectivity index (χ0n) is 17.8. The van der Waals surface area contributed by atoms with Crippen molar-refractivity contribution in [1.29, 1.82) is 0 Å². The Morgan fingerprint density at radius 2 is 1.18 bits per heavy atom. The van der Waals surface area contributed by atoms with Crippen LogP contribution in [0.5, 0.6) is 0 Å². The van der Waals surface area contributed by atoms with E-state index >= 15 is 0 Å². The van der Waals surface area contributed by atoms with E-state index in [9.17, 15) is 10.1 Å². The number of hydrogen-bond donors (Lipinski definition) is 0.